The number of nitrogens with one attached hydrogen (secondary N) is 1. The fourth-order valence-corrected chi connectivity index (χ4v) is 4.98. The topological polar surface area (TPSA) is 122 Å². The molecule has 0 saturated carbocycles. The largest absolute Gasteiger partial charge is 0.494 e. The molecule has 0 unspecified atom stereocenters. The number of amides is 1. The molecule has 2 heterocycles. The Morgan fingerprint density at radius 2 is 1.97 bits per heavy atom. The summed E-state index contributed by atoms with van der Waals surface area (Å²) < 4.78 is 33.1. The third kappa shape index (κ3) is 4.86. The van der Waals surface area contributed by atoms with Gasteiger partial charge in [0.2, 0.25) is 10.0 Å². The maximum absolute atomic E-state index is 13.2. The van der Waals surface area contributed by atoms with Crippen molar-refractivity contribution in [3.8, 4) is 5.75 Å². The number of benzene rings is 1. The van der Waals surface area contributed by atoms with Gasteiger partial charge >= 0.3 is 0 Å². The van der Waals surface area contributed by atoms with Crippen molar-refractivity contribution in [2.75, 3.05) is 18.6 Å². The first-order chi connectivity index (χ1) is 14.0. The number of carbonyl (C=O) groups excluding carboxylic acids is 1. The predicted molar refractivity (Wildman–Crippen MR) is 107 cm³/mol. The summed E-state index contributed by atoms with van der Waals surface area (Å²) in [5.41, 5.74) is 2.55. The highest BCUT2D eigenvalue weighted by Crippen LogP contribution is 2.28. The predicted octanol–water partition coefficient (Wildman–Crippen LogP) is 1.23. The molecule has 0 saturated heterocycles. The second-order valence-electron chi connectivity index (χ2n) is 6.36. The van der Waals surface area contributed by atoms with Crippen LogP contribution in [0.3, 0.4) is 0 Å². The van der Waals surface area contributed by atoms with Gasteiger partial charge in [0.05, 0.1) is 29.4 Å². The summed E-state index contributed by atoms with van der Waals surface area (Å²) in [6.45, 7) is 0.434. The molecule has 0 bridgehead atoms. The Bertz CT molecular complexity index is 953. The summed E-state index contributed by atoms with van der Waals surface area (Å²) in [5, 5.41) is 9.07. The molecule has 0 fully saturated rings. The number of ether oxygens (including phenoxy) is 1. The normalized spacial score (nSPS) is 16.8. The van der Waals surface area contributed by atoms with Crippen molar-refractivity contribution in [2.24, 2.45) is 0 Å². The van der Waals surface area contributed by atoms with Crippen molar-refractivity contribution in [3.63, 3.8) is 0 Å². The summed E-state index contributed by atoms with van der Waals surface area (Å²) >= 11 is 1.73. The molecule has 2 N–H and O–H groups in total. The molecular weight excluding hydrogens is 416 g/mol. The van der Waals surface area contributed by atoms with Crippen molar-refractivity contribution in [1.29, 1.82) is 0 Å². The number of sulfonamides is 1. The SMILES string of the molecule is CSCCCOc1ccc(S(=O)(=O)N2Cc3nccnc3C[C@@H]2C(=O)NO)cc1. The van der Waals surface area contributed by atoms with Crippen molar-refractivity contribution in [3.05, 3.63) is 48.0 Å². The Labute approximate surface area is 173 Å². The lowest BCUT2D eigenvalue weighted by atomic mass is 10.0. The quantitative estimate of drug-likeness (QED) is 0.359. The maximum Gasteiger partial charge on any atom is 0.262 e. The molecule has 0 spiro atoms. The average Bonchev–Trinajstić information content (AvgIpc) is 2.75. The molecule has 1 aliphatic rings. The van der Waals surface area contributed by atoms with Crippen LogP contribution in [0.4, 0.5) is 0 Å². The van der Waals surface area contributed by atoms with Crippen LogP contribution in [-0.4, -0.2) is 58.5 Å². The average molecular weight is 439 g/mol. The van der Waals surface area contributed by atoms with Crippen LogP contribution in [0.2, 0.25) is 0 Å². The van der Waals surface area contributed by atoms with E-state index in [0.29, 0.717) is 23.7 Å². The molecule has 0 radical (unpaired) electrons. The zero-order valence-corrected chi connectivity index (χ0v) is 17.4. The molecule has 11 heteroatoms. The van der Waals surface area contributed by atoms with Crippen molar-refractivity contribution in [1.82, 2.24) is 19.8 Å². The lowest BCUT2D eigenvalue weighted by molar-refractivity contribution is -0.133. The van der Waals surface area contributed by atoms with Crippen LogP contribution in [-0.2, 0) is 27.8 Å². The van der Waals surface area contributed by atoms with E-state index in [4.69, 9.17) is 9.94 Å². The van der Waals surface area contributed by atoms with Crippen LogP contribution in [0.15, 0.2) is 41.6 Å². The Morgan fingerprint density at radius 3 is 2.62 bits per heavy atom. The standard InChI is InChI=1S/C18H22N4O5S2/c1-28-10-2-9-27-13-3-5-14(6-4-13)29(25,26)22-12-16-15(19-7-8-20-16)11-17(22)18(23)21-24/h3-8,17,24H,2,9-12H2,1H3,(H,21,23)/t17-/m1/s1. The lowest BCUT2D eigenvalue weighted by Crippen LogP contribution is -2.52. The molecule has 1 aliphatic heterocycles. The summed E-state index contributed by atoms with van der Waals surface area (Å²) in [6, 6.07) is 4.94. The first kappa shape index (κ1) is 21.5. The van der Waals surface area contributed by atoms with E-state index in [9.17, 15) is 13.2 Å². The van der Waals surface area contributed by atoms with Gasteiger partial charge in [-0.25, -0.2) is 13.9 Å². The molecule has 1 atom stereocenters. The Kier molecular flexibility index (Phi) is 7.06. The summed E-state index contributed by atoms with van der Waals surface area (Å²) in [6.07, 6.45) is 5.89. The minimum Gasteiger partial charge on any atom is -0.494 e. The monoisotopic (exact) mass is 438 g/mol. The number of hydrogen-bond acceptors (Lipinski definition) is 8. The first-order valence-corrected chi connectivity index (χ1v) is 11.8. The van der Waals surface area contributed by atoms with Gasteiger partial charge in [-0.1, -0.05) is 0 Å². The minimum atomic E-state index is -4.02. The smallest absolute Gasteiger partial charge is 0.262 e. The number of hydrogen-bond donors (Lipinski definition) is 2. The van der Waals surface area contributed by atoms with Crippen molar-refractivity contribution < 1.29 is 23.2 Å². The fourth-order valence-electron chi connectivity index (χ4n) is 3.03. The zero-order valence-electron chi connectivity index (χ0n) is 15.8. The number of aromatic nitrogens is 2. The van der Waals surface area contributed by atoms with Crippen LogP contribution < -0.4 is 10.2 Å². The molecule has 1 aromatic carbocycles. The van der Waals surface area contributed by atoms with Crippen LogP contribution >= 0.6 is 11.8 Å². The van der Waals surface area contributed by atoms with Gasteiger partial charge in [0.1, 0.15) is 11.8 Å². The third-order valence-corrected chi connectivity index (χ3v) is 7.07. The molecule has 1 amide bonds. The van der Waals surface area contributed by atoms with Gasteiger partial charge in [0, 0.05) is 18.8 Å². The number of carbonyl (C=O) groups is 1. The van der Waals surface area contributed by atoms with Crippen LogP contribution in [0.5, 0.6) is 5.75 Å². The highest BCUT2D eigenvalue weighted by molar-refractivity contribution is 7.98. The molecule has 156 valence electrons. The van der Waals surface area contributed by atoms with Crippen LogP contribution in [0, 0.1) is 0 Å². The Morgan fingerprint density at radius 1 is 1.28 bits per heavy atom. The van der Waals surface area contributed by atoms with E-state index in [1.54, 1.807) is 29.4 Å². The second-order valence-corrected chi connectivity index (χ2v) is 9.24. The van der Waals surface area contributed by atoms with Crippen LogP contribution in [0.1, 0.15) is 17.8 Å². The highest BCUT2D eigenvalue weighted by Gasteiger charge is 2.40. The number of rotatable bonds is 8. The first-order valence-electron chi connectivity index (χ1n) is 8.93. The van der Waals surface area contributed by atoms with E-state index >= 15 is 0 Å². The van der Waals surface area contributed by atoms with E-state index in [-0.39, 0.29) is 17.9 Å². The molecule has 2 aromatic rings. The van der Waals surface area contributed by atoms with Gasteiger partial charge in [-0.3, -0.25) is 20.0 Å². The third-order valence-electron chi connectivity index (χ3n) is 4.51. The van der Waals surface area contributed by atoms with Gasteiger partial charge in [-0.05, 0) is 42.7 Å². The van der Waals surface area contributed by atoms with Gasteiger partial charge in [-0.15, -0.1) is 0 Å². The van der Waals surface area contributed by atoms with Gasteiger partial charge in [-0.2, -0.15) is 16.1 Å². The molecule has 1 aromatic heterocycles. The second kappa shape index (κ2) is 9.53. The van der Waals surface area contributed by atoms with Crippen molar-refractivity contribution in [2.45, 2.75) is 30.3 Å². The highest BCUT2D eigenvalue weighted by atomic mass is 32.2. The van der Waals surface area contributed by atoms with E-state index in [1.165, 1.54) is 24.5 Å². The zero-order chi connectivity index (χ0) is 20.9. The van der Waals surface area contributed by atoms with Gasteiger partial charge < -0.3 is 4.74 Å². The van der Waals surface area contributed by atoms with Gasteiger partial charge in [0.25, 0.3) is 5.91 Å². The number of hydroxylamine groups is 1. The molecular formula is C18H22N4O5S2. The minimum absolute atomic E-state index is 0.0193. The molecule has 3 rings (SSSR count). The van der Waals surface area contributed by atoms with E-state index in [1.807, 2.05) is 6.26 Å². The molecule has 29 heavy (non-hydrogen) atoms. The fraction of sp³-hybridized carbons (Fsp3) is 0.389. The summed E-state index contributed by atoms with van der Waals surface area (Å²) in [7, 11) is -4.02. The van der Waals surface area contributed by atoms with E-state index < -0.39 is 22.0 Å². The van der Waals surface area contributed by atoms with Crippen LogP contribution in [0.25, 0.3) is 0 Å². The maximum atomic E-state index is 13.2. The van der Waals surface area contributed by atoms with Crippen molar-refractivity contribution >= 4 is 27.7 Å². The molecule has 0 aliphatic carbocycles. The van der Waals surface area contributed by atoms with E-state index in [0.717, 1.165) is 16.5 Å². The Balaban J connectivity index is 1.83. The summed E-state index contributed by atoms with van der Waals surface area (Å²) in [4.78, 5) is 20.5. The lowest BCUT2D eigenvalue weighted by Gasteiger charge is -2.33. The number of nitrogens with zero attached hydrogens (tertiary/aromatic N) is 3. The number of fused-ring (bicyclic) bond motifs is 1. The summed E-state index contributed by atoms with van der Waals surface area (Å²) in [5.74, 6) is 0.739. The van der Waals surface area contributed by atoms with E-state index in [2.05, 4.69) is 9.97 Å². The number of thioether (sulfide) groups is 1. The van der Waals surface area contributed by atoms with Gasteiger partial charge in [0.15, 0.2) is 0 Å². The molecule has 9 nitrogen and oxygen atoms in total. The Hall–Kier alpha value is -2.21.